The summed E-state index contributed by atoms with van der Waals surface area (Å²) in [7, 11) is 0. The first-order chi connectivity index (χ1) is 7.08. The third-order valence-corrected chi connectivity index (χ3v) is 2.43. The summed E-state index contributed by atoms with van der Waals surface area (Å²) in [5.74, 6) is -0.325. The minimum atomic E-state index is -2.48. The van der Waals surface area contributed by atoms with E-state index in [1.54, 1.807) is 6.92 Å². The van der Waals surface area contributed by atoms with Crippen molar-refractivity contribution in [1.29, 1.82) is 0 Å². The van der Waals surface area contributed by atoms with Gasteiger partial charge in [0.1, 0.15) is 6.29 Å². The van der Waals surface area contributed by atoms with E-state index in [1.165, 1.54) is 12.1 Å². The molecule has 1 rings (SSSR count). The molecule has 0 bridgehead atoms. The molecular formula is C12H14F2O. The predicted molar refractivity (Wildman–Crippen MR) is 55.3 cm³/mol. The summed E-state index contributed by atoms with van der Waals surface area (Å²) in [6.45, 7) is 3.61. The fraction of sp³-hybridized carbons (Fsp3) is 0.417. The number of alkyl halides is 2. The Morgan fingerprint density at radius 2 is 1.87 bits per heavy atom. The van der Waals surface area contributed by atoms with Crippen molar-refractivity contribution in [2.75, 3.05) is 0 Å². The highest BCUT2D eigenvalue weighted by Crippen LogP contribution is 2.25. The highest BCUT2D eigenvalue weighted by molar-refractivity contribution is 5.61. The summed E-state index contributed by atoms with van der Waals surface area (Å²) < 4.78 is 25.1. The molecule has 0 aliphatic carbocycles. The molecule has 0 aliphatic heterocycles. The van der Waals surface area contributed by atoms with E-state index in [4.69, 9.17) is 0 Å². The predicted octanol–water partition coefficient (Wildman–Crippen LogP) is 3.49. The lowest BCUT2D eigenvalue weighted by atomic mass is 9.96. The smallest absolute Gasteiger partial charge is 0.263 e. The van der Waals surface area contributed by atoms with Crippen LogP contribution in [0.3, 0.4) is 0 Å². The Balaban J connectivity index is 3.16. The number of benzene rings is 1. The summed E-state index contributed by atoms with van der Waals surface area (Å²) >= 11 is 0. The van der Waals surface area contributed by atoms with Gasteiger partial charge in [-0.25, -0.2) is 8.78 Å². The zero-order valence-corrected chi connectivity index (χ0v) is 8.84. The molecule has 0 fully saturated rings. The van der Waals surface area contributed by atoms with Gasteiger partial charge in [-0.05, 0) is 23.6 Å². The molecule has 0 amide bonds. The maximum atomic E-state index is 12.5. The normalized spacial score (nSPS) is 12.9. The monoisotopic (exact) mass is 212 g/mol. The van der Waals surface area contributed by atoms with Gasteiger partial charge in [-0.2, -0.15) is 0 Å². The highest BCUT2D eigenvalue weighted by atomic mass is 19.3. The van der Waals surface area contributed by atoms with Crippen molar-refractivity contribution in [1.82, 2.24) is 0 Å². The Labute approximate surface area is 88.1 Å². The van der Waals surface area contributed by atoms with Crippen molar-refractivity contribution in [3.05, 3.63) is 34.9 Å². The van der Waals surface area contributed by atoms with E-state index in [9.17, 15) is 13.6 Å². The second-order valence-electron chi connectivity index (χ2n) is 3.59. The van der Waals surface area contributed by atoms with Gasteiger partial charge in [-0.3, -0.25) is 0 Å². The van der Waals surface area contributed by atoms with E-state index in [0.717, 1.165) is 11.8 Å². The number of rotatable bonds is 4. The van der Waals surface area contributed by atoms with Crippen LogP contribution in [0.1, 0.15) is 42.9 Å². The SMILES string of the molecule is CCc1cc(C(F)F)cc(C(C)C=O)c1. The maximum absolute atomic E-state index is 12.5. The Kier molecular flexibility index (Phi) is 3.95. The van der Waals surface area contributed by atoms with Crippen molar-refractivity contribution in [3.8, 4) is 0 Å². The summed E-state index contributed by atoms with van der Waals surface area (Å²) in [6.07, 6.45) is -1.02. The summed E-state index contributed by atoms with van der Waals surface area (Å²) in [4.78, 5) is 10.6. The summed E-state index contributed by atoms with van der Waals surface area (Å²) in [5.41, 5.74) is 1.51. The number of hydrogen-bond donors (Lipinski definition) is 0. The van der Waals surface area contributed by atoms with Crippen LogP contribution >= 0.6 is 0 Å². The second kappa shape index (κ2) is 5.01. The average Bonchev–Trinajstić information content (AvgIpc) is 2.27. The molecule has 0 aromatic heterocycles. The van der Waals surface area contributed by atoms with Crippen molar-refractivity contribution in [2.24, 2.45) is 0 Å². The average molecular weight is 212 g/mol. The fourth-order valence-corrected chi connectivity index (χ4v) is 1.42. The number of aryl methyl sites for hydroxylation is 1. The van der Waals surface area contributed by atoms with E-state index in [-0.39, 0.29) is 11.5 Å². The van der Waals surface area contributed by atoms with Gasteiger partial charge < -0.3 is 4.79 Å². The Morgan fingerprint density at radius 1 is 1.27 bits per heavy atom. The third-order valence-electron chi connectivity index (χ3n) is 2.43. The Hall–Kier alpha value is -1.25. The first-order valence-corrected chi connectivity index (χ1v) is 4.95. The number of carbonyl (C=O) groups excluding carboxylic acids is 1. The van der Waals surface area contributed by atoms with Crippen LogP contribution in [0.4, 0.5) is 8.78 Å². The molecule has 0 aliphatic rings. The van der Waals surface area contributed by atoms with Gasteiger partial charge in [0.25, 0.3) is 6.43 Å². The van der Waals surface area contributed by atoms with Gasteiger partial charge in [-0.15, -0.1) is 0 Å². The summed E-state index contributed by atoms with van der Waals surface area (Å²) in [6, 6.07) is 4.71. The van der Waals surface area contributed by atoms with Crippen LogP contribution in [-0.2, 0) is 11.2 Å². The van der Waals surface area contributed by atoms with E-state index in [0.29, 0.717) is 12.0 Å². The quantitative estimate of drug-likeness (QED) is 0.698. The topological polar surface area (TPSA) is 17.1 Å². The van der Waals surface area contributed by atoms with Gasteiger partial charge in [0.15, 0.2) is 0 Å². The molecule has 1 aromatic carbocycles. The largest absolute Gasteiger partial charge is 0.303 e. The molecule has 1 aromatic rings. The lowest BCUT2D eigenvalue weighted by Crippen LogP contribution is -1.98. The van der Waals surface area contributed by atoms with Crippen LogP contribution in [0, 0.1) is 0 Å². The van der Waals surface area contributed by atoms with Crippen LogP contribution in [-0.4, -0.2) is 6.29 Å². The van der Waals surface area contributed by atoms with E-state index in [1.807, 2.05) is 13.0 Å². The molecule has 0 saturated heterocycles. The minimum absolute atomic E-state index is 0.00181. The lowest BCUT2D eigenvalue weighted by molar-refractivity contribution is -0.108. The van der Waals surface area contributed by atoms with Crippen molar-refractivity contribution in [3.63, 3.8) is 0 Å². The van der Waals surface area contributed by atoms with Crippen LogP contribution in [0.25, 0.3) is 0 Å². The molecule has 15 heavy (non-hydrogen) atoms. The molecular weight excluding hydrogens is 198 g/mol. The van der Waals surface area contributed by atoms with E-state index >= 15 is 0 Å². The summed E-state index contributed by atoms with van der Waals surface area (Å²) in [5, 5.41) is 0. The van der Waals surface area contributed by atoms with Crippen molar-refractivity contribution in [2.45, 2.75) is 32.6 Å². The molecule has 0 radical (unpaired) electrons. The van der Waals surface area contributed by atoms with Gasteiger partial charge in [0.05, 0.1) is 0 Å². The molecule has 82 valence electrons. The first kappa shape index (κ1) is 11.8. The van der Waals surface area contributed by atoms with Gasteiger partial charge in [0.2, 0.25) is 0 Å². The number of halogens is 2. The van der Waals surface area contributed by atoms with E-state index in [2.05, 4.69) is 0 Å². The number of hydrogen-bond acceptors (Lipinski definition) is 1. The van der Waals surface area contributed by atoms with Crippen LogP contribution in [0.15, 0.2) is 18.2 Å². The van der Waals surface area contributed by atoms with E-state index < -0.39 is 6.43 Å². The first-order valence-electron chi connectivity index (χ1n) is 4.95. The van der Waals surface area contributed by atoms with Crippen molar-refractivity contribution < 1.29 is 13.6 Å². The number of aldehydes is 1. The zero-order chi connectivity index (χ0) is 11.4. The van der Waals surface area contributed by atoms with Gasteiger partial charge in [-0.1, -0.05) is 26.0 Å². The molecule has 0 N–H and O–H groups in total. The molecule has 1 nitrogen and oxygen atoms in total. The second-order valence-corrected chi connectivity index (χ2v) is 3.59. The minimum Gasteiger partial charge on any atom is -0.303 e. The standard InChI is InChI=1S/C12H14F2O/c1-3-9-4-10(8(2)7-15)6-11(5-9)12(13)14/h4-8,12H,3H2,1-2H3. The molecule has 0 spiro atoms. The molecule has 1 unspecified atom stereocenters. The molecule has 0 saturated carbocycles. The Morgan fingerprint density at radius 3 is 2.33 bits per heavy atom. The highest BCUT2D eigenvalue weighted by Gasteiger charge is 2.12. The van der Waals surface area contributed by atoms with Crippen LogP contribution in [0.5, 0.6) is 0 Å². The maximum Gasteiger partial charge on any atom is 0.263 e. The molecule has 1 atom stereocenters. The Bertz CT molecular complexity index is 347. The molecule has 0 heterocycles. The number of carbonyl (C=O) groups is 1. The van der Waals surface area contributed by atoms with Gasteiger partial charge in [0, 0.05) is 11.5 Å². The fourth-order valence-electron chi connectivity index (χ4n) is 1.42. The van der Waals surface area contributed by atoms with Crippen LogP contribution in [0.2, 0.25) is 0 Å². The third kappa shape index (κ3) is 2.85. The van der Waals surface area contributed by atoms with Crippen LogP contribution < -0.4 is 0 Å². The molecule has 3 heteroatoms. The zero-order valence-electron chi connectivity index (χ0n) is 8.84. The van der Waals surface area contributed by atoms with Crippen molar-refractivity contribution >= 4 is 6.29 Å². The van der Waals surface area contributed by atoms with Gasteiger partial charge >= 0.3 is 0 Å². The lowest BCUT2D eigenvalue weighted by Gasteiger charge is -2.10.